The number of likely N-dealkylation sites (N-methyl/N-ethyl adjacent to an activating group) is 1. The Kier molecular flexibility index (Phi) is 6.21. The van der Waals surface area contributed by atoms with Crippen LogP contribution in [0.1, 0.15) is 30.7 Å². The number of pyridine rings is 1. The van der Waals surface area contributed by atoms with Crippen LogP contribution in [-0.4, -0.2) is 63.0 Å². The molecule has 0 fully saturated rings. The summed E-state index contributed by atoms with van der Waals surface area (Å²) in [6.45, 7) is 5.23. The summed E-state index contributed by atoms with van der Waals surface area (Å²) >= 11 is 0. The van der Waals surface area contributed by atoms with E-state index in [1.807, 2.05) is 23.1 Å². The number of hydrogen-bond donors (Lipinski definition) is 1. The lowest BCUT2D eigenvalue weighted by Gasteiger charge is -2.31. The van der Waals surface area contributed by atoms with Crippen LogP contribution in [0.5, 0.6) is 0 Å². The van der Waals surface area contributed by atoms with E-state index in [1.54, 1.807) is 38.1 Å². The third-order valence-corrected chi connectivity index (χ3v) is 6.25. The summed E-state index contributed by atoms with van der Waals surface area (Å²) < 4.78 is 15.9. The zero-order valence-electron chi connectivity index (χ0n) is 19.2. The van der Waals surface area contributed by atoms with Crippen LogP contribution in [0.25, 0.3) is 11.0 Å². The summed E-state index contributed by atoms with van der Waals surface area (Å²) in [6.07, 6.45) is 2.46. The van der Waals surface area contributed by atoms with Gasteiger partial charge in [0.25, 0.3) is 0 Å². The van der Waals surface area contributed by atoms with E-state index in [-0.39, 0.29) is 24.8 Å². The van der Waals surface area contributed by atoms with Crippen molar-refractivity contribution in [3.8, 4) is 0 Å². The fourth-order valence-electron chi connectivity index (χ4n) is 4.59. The number of fused-ring (bicyclic) bond motifs is 3. The van der Waals surface area contributed by atoms with Crippen molar-refractivity contribution in [1.82, 2.24) is 19.4 Å². The first-order valence-corrected chi connectivity index (χ1v) is 11.0. The number of carboxylic acid groups (broad SMARTS) is 1. The van der Waals surface area contributed by atoms with Gasteiger partial charge >= 0.3 is 5.97 Å². The molecule has 0 unspecified atom stereocenters. The highest BCUT2D eigenvalue weighted by Gasteiger charge is 2.31. The summed E-state index contributed by atoms with van der Waals surface area (Å²) in [5.74, 6) is -1.21. The molecule has 1 aromatic carbocycles. The van der Waals surface area contributed by atoms with Gasteiger partial charge in [0.1, 0.15) is 11.5 Å². The van der Waals surface area contributed by atoms with E-state index < -0.39 is 11.4 Å². The van der Waals surface area contributed by atoms with Crippen LogP contribution in [0.3, 0.4) is 0 Å². The molecular formula is C25H29FN4O3. The Labute approximate surface area is 192 Å². The van der Waals surface area contributed by atoms with Gasteiger partial charge in [-0.15, -0.1) is 0 Å². The minimum absolute atomic E-state index is 0.0418. The van der Waals surface area contributed by atoms with Crippen LogP contribution in [0.15, 0.2) is 42.6 Å². The number of aliphatic carboxylic acids is 1. The normalized spacial score (nSPS) is 14.0. The third kappa shape index (κ3) is 4.75. The standard InChI is InChI=1S/C25H29FN4O3/c1-25(2,24(32)33)16-28(3)15-22(31)29-11-9-19-20-8-5-10-27-23(20)30(21(19)14-29)13-17-6-4-7-18(26)12-17/h4-8,10,12H,9,11,13-16H2,1-3H3,(H,32,33). The Morgan fingerprint density at radius 2 is 2.03 bits per heavy atom. The maximum atomic E-state index is 13.8. The Morgan fingerprint density at radius 3 is 2.76 bits per heavy atom. The summed E-state index contributed by atoms with van der Waals surface area (Å²) in [7, 11) is 1.77. The van der Waals surface area contributed by atoms with E-state index in [1.165, 1.54) is 17.7 Å². The second-order valence-corrected chi connectivity index (χ2v) is 9.44. The lowest BCUT2D eigenvalue weighted by atomic mass is 9.93. The second-order valence-electron chi connectivity index (χ2n) is 9.44. The summed E-state index contributed by atoms with van der Waals surface area (Å²) in [5, 5.41) is 10.4. The molecule has 0 bridgehead atoms. The summed E-state index contributed by atoms with van der Waals surface area (Å²) in [4.78, 5) is 32.6. The van der Waals surface area contributed by atoms with Crippen LogP contribution in [0.2, 0.25) is 0 Å². The fourth-order valence-corrected chi connectivity index (χ4v) is 4.59. The lowest BCUT2D eigenvalue weighted by Crippen LogP contribution is -2.45. The molecule has 4 rings (SSSR count). The van der Waals surface area contributed by atoms with Crippen molar-refractivity contribution in [2.24, 2.45) is 5.41 Å². The van der Waals surface area contributed by atoms with Gasteiger partial charge in [0.05, 0.1) is 18.5 Å². The SMILES string of the molecule is CN(CC(=O)N1CCc2c(n(Cc3cccc(F)c3)c3ncccc23)C1)CC(C)(C)C(=O)O. The van der Waals surface area contributed by atoms with Gasteiger partial charge in [-0.1, -0.05) is 12.1 Å². The Hall–Kier alpha value is -3.26. The van der Waals surface area contributed by atoms with Gasteiger partial charge in [-0.25, -0.2) is 9.37 Å². The van der Waals surface area contributed by atoms with Gasteiger partial charge in [0.2, 0.25) is 5.91 Å². The van der Waals surface area contributed by atoms with E-state index in [0.29, 0.717) is 26.1 Å². The topological polar surface area (TPSA) is 78.7 Å². The van der Waals surface area contributed by atoms with E-state index in [0.717, 1.165) is 22.3 Å². The number of carboxylic acids is 1. The van der Waals surface area contributed by atoms with Crippen LogP contribution in [-0.2, 0) is 29.1 Å². The molecule has 1 aliphatic heterocycles. The highest BCUT2D eigenvalue weighted by molar-refractivity contribution is 5.84. The Balaban J connectivity index is 1.57. The van der Waals surface area contributed by atoms with Crippen LogP contribution in [0, 0.1) is 11.2 Å². The molecule has 1 N–H and O–H groups in total. The molecule has 0 radical (unpaired) electrons. The predicted molar refractivity (Wildman–Crippen MR) is 123 cm³/mol. The first-order valence-electron chi connectivity index (χ1n) is 11.0. The van der Waals surface area contributed by atoms with Gasteiger partial charge < -0.3 is 14.6 Å². The molecule has 1 amide bonds. The van der Waals surface area contributed by atoms with E-state index in [4.69, 9.17) is 0 Å². The molecule has 2 aromatic heterocycles. The molecular weight excluding hydrogens is 423 g/mol. The van der Waals surface area contributed by atoms with Gasteiger partial charge in [-0.2, -0.15) is 0 Å². The quantitative estimate of drug-likeness (QED) is 0.596. The van der Waals surface area contributed by atoms with Crippen LogP contribution < -0.4 is 0 Å². The highest BCUT2D eigenvalue weighted by Crippen LogP contribution is 2.30. The average molecular weight is 453 g/mol. The smallest absolute Gasteiger partial charge is 0.310 e. The molecule has 0 saturated carbocycles. The number of halogens is 1. The second kappa shape index (κ2) is 8.94. The third-order valence-electron chi connectivity index (χ3n) is 6.25. The molecule has 1 aliphatic rings. The van der Waals surface area contributed by atoms with Gasteiger partial charge in [-0.05, 0) is 62.7 Å². The summed E-state index contributed by atoms with van der Waals surface area (Å²) in [5.41, 5.74) is 2.92. The lowest BCUT2D eigenvalue weighted by molar-refractivity contribution is -0.148. The number of hydrogen-bond acceptors (Lipinski definition) is 4. The predicted octanol–water partition coefficient (Wildman–Crippen LogP) is 3.15. The monoisotopic (exact) mass is 452 g/mol. The molecule has 8 heteroatoms. The first-order chi connectivity index (χ1) is 15.7. The van der Waals surface area contributed by atoms with E-state index >= 15 is 0 Å². The minimum Gasteiger partial charge on any atom is -0.481 e. The van der Waals surface area contributed by atoms with Crippen LogP contribution >= 0.6 is 0 Å². The van der Waals surface area contributed by atoms with Gasteiger partial charge in [0.15, 0.2) is 0 Å². The number of carbonyl (C=O) groups is 2. The molecule has 0 saturated heterocycles. The largest absolute Gasteiger partial charge is 0.481 e. The molecule has 0 atom stereocenters. The first kappa shape index (κ1) is 22.9. The minimum atomic E-state index is -0.937. The van der Waals surface area contributed by atoms with Crippen molar-refractivity contribution in [1.29, 1.82) is 0 Å². The van der Waals surface area contributed by atoms with Crippen molar-refractivity contribution < 1.29 is 19.1 Å². The van der Waals surface area contributed by atoms with Crippen molar-refractivity contribution in [2.45, 2.75) is 33.4 Å². The number of nitrogens with zero attached hydrogens (tertiary/aromatic N) is 4. The number of carbonyl (C=O) groups excluding carboxylic acids is 1. The van der Waals surface area contributed by atoms with E-state index in [9.17, 15) is 19.1 Å². The van der Waals surface area contributed by atoms with Crippen molar-refractivity contribution >= 4 is 22.9 Å². The highest BCUT2D eigenvalue weighted by atomic mass is 19.1. The molecule has 33 heavy (non-hydrogen) atoms. The molecule has 3 aromatic rings. The molecule has 7 nitrogen and oxygen atoms in total. The molecule has 0 aliphatic carbocycles. The molecule has 0 spiro atoms. The Morgan fingerprint density at radius 1 is 1.24 bits per heavy atom. The number of rotatable bonds is 7. The van der Waals surface area contributed by atoms with Crippen molar-refractivity contribution in [3.05, 3.63) is 65.2 Å². The fraction of sp³-hybridized carbons (Fsp3) is 0.400. The number of benzene rings is 1. The Bertz CT molecular complexity index is 1200. The summed E-state index contributed by atoms with van der Waals surface area (Å²) in [6, 6.07) is 10.5. The number of amides is 1. The van der Waals surface area contributed by atoms with Crippen LogP contribution in [0.4, 0.5) is 4.39 Å². The zero-order chi connectivity index (χ0) is 23.8. The van der Waals surface area contributed by atoms with Crippen molar-refractivity contribution in [3.63, 3.8) is 0 Å². The van der Waals surface area contributed by atoms with Gasteiger partial charge in [0, 0.05) is 36.9 Å². The molecule has 3 heterocycles. The zero-order valence-corrected chi connectivity index (χ0v) is 19.2. The maximum Gasteiger partial charge on any atom is 0.310 e. The molecule has 174 valence electrons. The van der Waals surface area contributed by atoms with Gasteiger partial charge in [-0.3, -0.25) is 14.5 Å². The maximum absolute atomic E-state index is 13.8. The average Bonchev–Trinajstić information content (AvgIpc) is 3.06. The number of aromatic nitrogens is 2. The van der Waals surface area contributed by atoms with Crippen molar-refractivity contribution in [2.75, 3.05) is 26.7 Å². The van der Waals surface area contributed by atoms with E-state index in [2.05, 4.69) is 9.55 Å².